The zero-order valence-corrected chi connectivity index (χ0v) is 35.7. The van der Waals surface area contributed by atoms with E-state index >= 15 is 0 Å². The molecular formula is C27H48B2W2Y2-2. The Balaban J connectivity index is -0.000000142. The van der Waals surface area contributed by atoms with E-state index in [4.69, 9.17) is 15.7 Å². The van der Waals surface area contributed by atoms with E-state index in [0.717, 1.165) is 18.1 Å². The molecule has 0 aliphatic heterocycles. The zero-order valence-electron chi connectivity index (χ0n) is 24.2. The first-order valence-corrected chi connectivity index (χ1v) is 11.0. The molecule has 6 heteroatoms. The van der Waals surface area contributed by atoms with E-state index in [0.29, 0.717) is 0 Å². The summed E-state index contributed by atoms with van der Waals surface area (Å²) in [7, 11) is 12.0. The van der Waals surface area contributed by atoms with Gasteiger partial charge in [0, 0.05) is 65.4 Å². The molecule has 0 heterocycles. The molecule has 0 amide bonds. The second-order valence-electron chi connectivity index (χ2n) is 12.9. The molecule has 1 fully saturated rings. The standard InChI is InChI=1S/C14H24B.C13H24B.2W.2Y/c1-10-8-13(6,11(2)15)14(10,7)9-12(3,4)5;1-10(14)13(7,8)12(5,6)9-11(2,3)4;;;;/h9H,8H2,1-7H3;9H,7H2,1-6,8H3;;;;/q2*-3;2*+2;;. The van der Waals surface area contributed by atoms with Gasteiger partial charge < -0.3 is 48.1 Å². The first-order chi connectivity index (χ1) is 12.4. The molecule has 0 spiro atoms. The molecule has 0 N–H and O–H groups in total. The van der Waals surface area contributed by atoms with Crippen LogP contribution < -0.4 is 0 Å². The van der Waals surface area contributed by atoms with Gasteiger partial charge in [-0.3, -0.25) is 0 Å². The first-order valence-electron chi connectivity index (χ1n) is 11.0. The Labute approximate surface area is 292 Å². The van der Waals surface area contributed by atoms with Gasteiger partial charge in [-0.25, -0.2) is 17.3 Å². The normalized spacial score (nSPS) is 25.1. The summed E-state index contributed by atoms with van der Waals surface area (Å²) in [5, 5.41) is 0. The van der Waals surface area contributed by atoms with E-state index in [-0.39, 0.29) is 140 Å². The Hall–Kier alpha value is 3.71. The van der Waals surface area contributed by atoms with Crippen LogP contribution in [0.2, 0.25) is 0 Å². The van der Waals surface area contributed by atoms with Crippen LogP contribution in [-0.2, 0) is 108 Å². The van der Waals surface area contributed by atoms with Crippen LogP contribution >= 0.6 is 0 Å². The predicted molar refractivity (Wildman–Crippen MR) is 134 cm³/mol. The fraction of sp³-hybridized carbons (Fsp3) is 0.778. The first kappa shape index (κ1) is 46.6. The minimum atomic E-state index is -0.208. The average molecular weight is 940 g/mol. The SMILES string of the molecule is [B][C-](C)C([CH2-])(C)C(C)(C)[CH-]C(C)(C)C.[B][C-](C)C1(C)C[C-](C)C1(C)[CH-]C(C)(C)C.[W+2].[W+2].[Y].[Y]. The van der Waals surface area contributed by atoms with Gasteiger partial charge in [0.25, 0.3) is 0 Å². The van der Waals surface area contributed by atoms with Crippen LogP contribution in [0, 0.1) is 69.8 Å². The van der Waals surface area contributed by atoms with Crippen LogP contribution in [0.5, 0.6) is 0 Å². The van der Waals surface area contributed by atoms with Crippen molar-refractivity contribution in [2.45, 2.75) is 103 Å². The fourth-order valence-electron chi connectivity index (χ4n) is 4.71. The maximum absolute atomic E-state index is 6.07. The minimum absolute atomic E-state index is 0. The molecule has 0 bridgehead atoms. The molecule has 1 rings (SSSR count). The van der Waals surface area contributed by atoms with Crippen molar-refractivity contribution < 1.29 is 108 Å². The van der Waals surface area contributed by atoms with Crippen molar-refractivity contribution in [3.8, 4) is 0 Å². The van der Waals surface area contributed by atoms with Crippen LogP contribution in [0.3, 0.4) is 0 Å². The Morgan fingerprint density at radius 1 is 0.848 bits per heavy atom. The van der Waals surface area contributed by atoms with E-state index < -0.39 is 0 Å². The molecule has 0 saturated heterocycles. The van der Waals surface area contributed by atoms with Gasteiger partial charge >= 0.3 is 42.1 Å². The molecule has 6 radical (unpaired) electrons. The second kappa shape index (κ2) is 16.1. The summed E-state index contributed by atoms with van der Waals surface area (Å²) >= 11 is 0. The van der Waals surface area contributed by atoms with Gasteiger partial charge in [-0.2, -0.15) is 47.3 Å². The van der Waals surface area contributed by atoms with Crippen molar-refractivity contribution in [3.63, 3.8) is 0 Å². The third-order valence-electron chi connectivity index (χ3n) is 7.33. The van der Waals surface area contributed by atoms with E-state index in [9.17, 15) is 0 Å². The van der Waals surface area contributed by atoms with Crippen molar-refractivity contribution in [2.75, 3.05) is 0 Å². The smallest absolute Gasteiger partial charge is 0.381 e. The number of hydrogen-bond donors (Lipinski definition) is 0. The monoisotopic (exact) mass is 940 g/mol. The quantitative estimate of drug-likeness (QED) is 0.195. The average Bonchev–Trinajstić information content (AvgIpc) is 2.42. The van der Waals surface area contributed by atoms with Crippen LogP contribution in [0.1, 0.15) is 103 Å². The Bertz CT molecular complexity index is 537. The van der Waals surface area contributed by atoms with E-state index in [1.54, 1.807) is 5.92 Å². The third-order valence-corrected chi connectivity index (χ3v) is 7.33. The van der Waals surface area contributed by atoms with Gasteiger partial charge in [-0.1, -0.05) is 62.3 Å². The van der Waals surface area contributed by atoms with E-state index in [2.05, 4.69) is 110 Å². The van der Waals surface area contributed by atoms with Crippen molar-refractivity contribution >= 4 is 15.7 Å². The maximum atomic E-state index is 6.07. The Kier molecular flexibility index (Phi) is 22.7. The van der Waals surface area contributed by atoms with E-state index in [1.807, 2.05) is 6.92 Å². The molecule has 3 atom stereocenters. The summed E-state index contributed by atoms with van der Waals surface area (Å²) in [5.74, 6) is 3.52. The zero-order chi connectivity index (χ0) is 23.9. The molecule has 0 nitrogen and oxygen atoms in total. The van der Waals surface area contributed by atoms with Gasteiger partial charge in [0.1, 0.15) is 0 Å². The van der Waals surface area contributed by atoms with Crippen molar-refractivity contribution in [2.24, 2.45) is 32.5 Å². The minimum Gasteiger partial charge on any atom is -0.381 e. The van der Waals surface area contributed by atoms with Gasteiger partial charge in [0.15, 0.2) is 0 Å². The van der Waals surface area contributed by atoms with Gasteiger partial charge in [-0.05, 0) is 0 Å². The molecule has 182 valence electrons. The summed E-state index contributed by atoms with van der Waals surface area (Å²) < 4.78 is 0. The molecule has 0 aromatic carbocycles. The predicted octanol–water partition coefficient (Wildman–Crippen LogP) is 7.78. The van der Waals surface area contributed by atoms with Crippen LogP contribution in [0.25, 0.3) is 0 Å². The summed E-state index contributed by atoms with van der Waals surface area (Å²) in [6, 6.07) is 0. The number of hydrogen-bond acceptors (Lipinski definition) is 0. The van der Waals surface area contributed by atoms with Gasteiger partial charge in [-0.15, -0.1) is 13.8 Å². The van der Waals surface area contributed by atoms with Crippen LogP contribution in [0.4, 0.5) is 0 Å². The Morgan fingerprint density at radius 3 is 1.42 bits per heavy atom. The maximum Gasteiger partial charge on any atom is 2.00 e. The summed E-state index contributed by atoms with van der Waals surface area (Å²) in [4.78, 5) is 0. The van der Waals surface area contributed by atoms with Crippen molar-refractivity contribution in [1.82, 2.24) is 0 Å². The molecule has 0 aromatic heterocycles. The van der Waals surface area contributed by atoms with Gasteiger partial charge in [0.05, 0.1) is 0 Å². The van der Waals surface area contributed by atoms with E-state index in [1.165, 1.54) is 0 Å². The molecule has 33 heavy (non-hydrogen) atoms. The van der Waals surface area contributed by atoms with Crippen molar-refractivity contribution in [1.29, 1.82) is 0 Å². The molecule has 0 aromatic rings. The topological polar surface area (TPSA) is 0 Å². The van der Waals surface area contributed by atoms with Gasteiger partial charge in [0.2, 0.25) is 0 Å². The molecule has 1 aliphatic carbocycles. The fourth-order valence-corrected chi connectivity index (χ4v) is 4.71. The molecule has 3 unspecified atom stereocenters. The molecular weight excluding hydrogens is 891 g/mol. The second-order valence-corrected chi connectivity index (χ2v) is 12.9. The van der Waals surface area contributed by atoms with Crippen LogP contribution in [-0.4, -0.2) is 15.7 Å². The third kappa shape index (κ3) is 12.6. The summed E-state index contributed by atoms with van der Waals surface area (Å²) in [6.07, 6.45) is 5.94. The summed E-state index contributed by atoms with van der Waals surface area (Å²) in [6.45, 7) is 35.0. The molecule has 1 saturated carbocycles. The number of rotatable bonds is 5. The van der Waals surface area contributed by atoms with Crippen LogP contribution in [0.15, 0.2) is 0 Å². The Morgan fingerprint density at radius 2 is 1.21 bits per heavy atom. The van der Waals surface area contributed by atoms with Crippen molar-refractivity contribution in [3.05, 3.63) is 37.3 Å². The summed E-state index contributed by atoms with van der Waals surface area (Å²) in [5.41, 5.74) is 0.559. The largest absolute Gasteiger partial charge is 2.00 e. The molecule has 1 aliphatic rings.